The van der Waals surface area contributed by atoms with E-state index in [1.54, 1.807) is 17.1 Å². The molecule has 22 heavy (non-hydrogen) atoms. The van der Waals surface area contributed by atoms with Gasteiger partial charge in [0.05, 0.1) is 5.51 Å². The summed E-state index contributed by atoms with van der Waals surface area (Å²) in [6.07, 6.45) is 2.50. The fourth-order valence-electron chi connectivity index (χ4n) is 2.65. The van der Waals surface area contributed by atoms with Crippen LogP contribution in [0.5, 0.6) is 0 Å². The van der Waals surface area contributed by atoms with Crippen molar-refractivity contribution in [3.63, 3.8) is 0 Å². The van der Waals surface area contributed by atoms with Gasteiger partial charge in [0.25, 0.3) is 5.91 Å². The maximum atomic E-state index is 12.4. The van der Waals surface area contributed by atoms with Gasteiger partial charge in [-0.05, 0) is 33.6 Å². The molecule has 1 aliphatic heterocycles. The van der Waals surface area contributed by atoms with Crippen LogP contribution in [-0.2, 0) is 13.0 Å². The number of hydrogen-bond acceptors (Lipinski definition) is 5. The van der Waals surface area contributed by atoms with Gasteiger partial charge < -0.3 is 4.90 Å². The van der Waals surface area contributed by atoms with E-state index in [1.165, 1.54) is 11.3 Å². The Kier molecular flexibility index (Phi) is 3.38. The predicted octanol–water partition coefficient (Wildman–Crippen LogP) is 3.05. The number of aromatic nitrogens is 3. The Balaban J connectivity index is 1.69. The van der Waals surface area contributed by atoms with Crippen molar-refractivity contribution >= 4 is 44.2 Å². The molecule has 0 aromatic carbocycles. The molecule has 1 amide bonds. The highest BCUT2D eigenvalue weighted by atomic mass is 79.9. The van der Waals surface area contributed by atoms with E-state index in [4.69, 9.17) is 0 Å². The van der Waals surface area contributed by atoms with E-state index in [0.717, 1.165) is 33.2 Å². The Hall–Kier alpha value is -1.86. The molecule has 0 N–H and O–H groups in total. The van der Waals surface area contributed by atoms with Crippen molar-refractivity contribution in [2.75, 3.05) is 6.54 Å². The average Bonchev–Trinajstić information content (AvgIpc) is 3.06. The van der Waals surface area contributed by atoms with Gasteiger partial charge in [-0.25, -0.2) is 15.0 Å². The summed E-state index contributed by atoms with van der Waals surface area (Å²) in [6, 6.07) is 4.08. The number of hydrogen-bond donors (Lipinski definition) is 0. The molecule has 0 saturated carbocycles. The first-order valence-corrected chi connectivity index (χ1v) is 8.56. The summed E-state index contributed by atoms with van der Waals surface area (Å²) in [4.78, 5) is 27.3. The second-order valence-electron chi connectivity index (χ2n) is 5.14. The Morgan fingerprint density at radius 1 is 1.32 bits per heavy atom. The van der Waals surface area contributed by atoms with Crippen molar-refractivity contribution in [1.82, 2.24) is 19.9 Å². The summed E-state index contributed by atoms with van der Waals surface area (Å²) in [7, 11) is 0. The minimum absolute atomic E-state index is 0.0145. The molecule has 4 rings (SSSR count). The van der Waals surface area contributed by atoms with Crippen LogP contribution in [0.15, 0.2) is 33.7 Å². The van der Waals surface area contributed by atoms with Crippen LogP contribution in [0.2, 0.25) is 0 Å². The summed E-state index contributed by atoms with van der Waals surface area (Å²) in [5.74, 6) is -0.0145. The number of pyridine rings is 2. The zero-order chi connectivity index (χ0) is 15.1. The highest BCUT2D eigenvalue weighted by Crippen LogP contribution is 2.24. The molecule has 4 heterocycles. The van der Waals surface area contributed by atoms with E-state index >= 15 is 0 Å². The fraction of sp³-hybridized carbons (Fsp3) is 0.200. The topological polar surface area (TPSA) is 59.0 Å². The van der Waals surface area contributed by atoms with Gasteiger partial charge in [-0.2, -0.15) is 0 Å². The lowest BCUT2D eigenvalue weighted by molar-refractivity contribution is 0.0728. The lowest BCUT2D eigenvalue weighted by Crippen LogP contribution is -2.36. The first kappa shape index (κ1) is 13.8. The zero-order valence-corrected chi connectivity index (χ0v) is 13.9. The van der Waals surface area contributed by atoms with Crippen LogP contribution in [0.4, 0.5) is 0 Å². The zero-order valence-electron chi connectivity index (χ0n) is 11.5. The van der Waals surface area contributed by atoms with E-state index in [9.17, 15) is 4.79 Å². The lowest BCUT2D eigenvalue weighted by atomic mass is 10.0. The third-order valence-electron chi connectivity index (χ3n) is 3.72. The van der Waals surface area contributed by atoms with Gasteiger partial charge in [0.2, 0.25) is 0 Å². The van der Waals surface area contributed by atoms with Crippen molar-refractivity contribution < 1.29 is 4.79 Å². The number of thiazole rings is 1. The molecular formula is C15H11BrN4OS. The fourth-order valence-corrected chi connectivity index (χ4v) is 3.53. The third-order valence-corrected chi connectivity index (χ3v) is 4.74. The monoisotopic (exact) mass is 374 g/mol. The van der Waals surface area contributed by atoms with Gasteiger partial charge in [0, 0.05) is 46.6 Å². The van der Waals surface area contributed by atoms with Crippen molar-refractivity contribution in [2.45, 2.75) is 13.0 Å². The van der Waals surface area contributed by atoms with Crippen LogP contribution in [0.1, 0.15) is 21.7 Å². The summed E-state index contributed by atoms with van der Waals surface area (Å²) in [6.45, 7) is 1.24. The number of fused-ring (bicyclic) bond motifs is 2. The third kappa shape index (κ3) is 2.40. The van der Waals surface area contributed by atoms with E-state index in [1.807, 2.05) is 11.0 Å². The maximum Gasteiger partial charge on any atom is 0.273 e. The Labute approximate surface area is 139 Å². The maximum absolute atomic E-state index is 12.4. The molecule has 110 valence electrons. The van der Waals surface area contributed by atoms with Crippen LogP contribution in [0.25, 0.3) is 11.0 Å². The highest BCUT2D eigenvalue weighted by molar-refractivity contribution is 9.10. The summed E-state index contributed by atoms with van der Waals surface area (Å²) in [5, 5.41) is 2.77. The van der Waals surface area contributed by atoms with E-state index in [0.29, 0.717) is 18.8 Å². The Morgan fingerprint density at radius 2 is 2.23 bits per heavy atom. The lowest BCUT2D eigenvalue weighted by Gasteiger charge is -2.27. The van der Waals surface area contributed by atoms with Gasteiger partial charge in [-0.15, -0.1) is 11.3 Å². The molecular weight excluding hydrogens is 364 g/mol. The molecule has 7 heteroatoms. The quantitative estimate of drug-likeness (QED) is 0.656. The molecule has 0 radical (unpaired) electrons. The number of amides is 1. The molecule has 0 unspecified atom stereocenters. The van der Waals surface area contributed by atoms with E-state index < -0.39 is 0 Å². The van der Waals surface area contributed by atoms with Crippen molar-refractivity contribution in [3.05, 3.63) is 50.6 Å². The first-order chi connectivity index (χ1) is 10.7. The van der Waals surface area contributed by atoms with Gasteiger partial charge in [0.1, 0.15) is 5.69 Å². The van der Waals surface area contributed by atoms with Gasteiger partial charge in [-0.3, -0.25) is 4.79 Å². The highest BCUT2D eigenvalue weighted by Gasteiger charge is 2.24. The molecule has 3 aromatic heterocycles. The second kappa shape index (κ2) is 5.40. The van der Waals surface area contributed by atoms with E-state index in [-0.39, 0.29) is 5.91 Å². The number of nitrogens with zero attached hydrogens (tertiary/aromatic N) is 4. The number of halogens is 1. The predicted molar refractivity (Wildman–Crippen MR) is 87.8 cm³/mol. The van der Waals surface area contributed by atoms with Crippen LogP contribution in [0, 0.1) is 0 Å². The molecule has 0 atom stereocenters. The second-order valence-corrected chi connectivity index (χ2v) is 6.78. The number of carbonyl (C=O) groups is 1. The van der Waals surface area contributed by atoms with Crippen molar-refractivity contribution in [2.24, 2.45) is 0 Å². The summed E-state index contributed by atoms with van der Waals surface area (Å²) >= 11 is 4.86. The van der Waals surface area contributed by atoms with Crippen molar-refractivity contribution in [1.29, 1.82) is 0 Å². The SMILES string of the molecule is O=C(c1cscn1)N1CCc2nc3ncc(Br)cc3cc2C1. The van der Waals surface area contributed by atoms with Gasteiger partial charge >= 0.3 is 0 Å². The van der Waals surface area contributed by atoms with Crippen molar-refractivity contribution in [3.8, 4) is 0 Å². The van der Waals surface area contributed by atoms with Crippen LogP contribution in [-0.4, -0.2) is 32.3 Å². The first-order valence-electron chi connectivity index (χ1n) is 6.82. The Morgan fingerprint density at radius 3 is 3.05 bits per heavy atom. The molecule has 0 bridgehead atoms. The largest absolute Gasteiger partial charge is 0.332 e. The number of rotatable bonds is 1. The molecule has 0 spiro atoms. The van der Waals surface area contributed by atoms with Crippen LogP contribution < -0.4 is 0 Å². The Bertz CT molecular complexity index is 865. The molecule has 5 nitrogen and oxygen atoms in total. The normalized spacial score (nSPS) is 14.1. The summed E-state index contributed by atoms with van der Waals surface area (Å²) in [5.41, 5.74) is 5.07. The number of carbonyl (C=O) groups excluding carboxylic acids is 1. The van der Waals surface area contributed by atoms with Gasteiger partial charge in [0.15, 0.2) is 5.65 Å². The standard InChI is InChI=1S/C15H11BrN4OS/c16-11-4-9-3-10-6-20(15(21)13-7-22-8-18-13)2-1-12(10)19-14(9)17-5-11/h3-5,7-8H,1-2,6H2. The van der Waals surface area contributed by atoms with Crippen LogP contribution >= 0.6 is 27.3 Å². The summed E-state index contributed by atoms with van der Waals surface area (Å²) < 4.78 is 0.924. The van der Waals surface area contributed by atoms with E-state index in [2.05, 4.69) is 36.9 Å². The minimum atomic E-state index is -0.0145. The molecule has 0 saturated heterocycles. The average molecular weight is 375 g/mol. The molecule has 1 aliphatic rings. The molecule has 3 aromatic rings. The molecule has 0 fully saturated rings. The minimum Gasteiger partial charge on any atom is -0.332 e. The van der Waals surface area contributed by atoms with Crippen LogP contribution in [0.3, 0.4) is 0 Å². The van der Waals surface area contributed by atoms with Gasteiger partial charge in [-0.1, -0.05) is 0 Å². The smallest absolute Gasteiger partial charge is 0.273 e. The molecule has 0 aliphatic carbocycles.